The number of nitrogens with one attached hydrogen (secondary N) is 1. The Morgan fingerprint density at radius 1 is 1.14 bits per heavy atom. The van der Waals surface area contributed by atoms with E-state index < -0.39 is 0 Å². The summed E-state index contributed by atoms with van der Waals surface area (Å²) in [5, 5.41) is 10.7. The molecule has 124 valence electrons. The van der Waals surface area contributed by atoms with E-state index >= 15 is 0 Å². The van der Waals surface area contributed by atoms with Crippen LogP contribution in [0.25, 0.3) is 0 Å². The molecule has 0 saturated carbocycles. The lowest BCUT2D eigenvalue weighted by atomic mass is 9.77. The number of amides is 1. The molecule has 1 unspecified atom stereocenters. The van der Waals surface area contributed by atoms with Crippen LogP contribution in [0.5, 0.6) is 5.75 Å². The molecule has 0 saturated heterocycles. The van der Waals surface area contributed by atoms with Gasteiger partial charge in [-0.2, -0.15) is 0 Å². The highest BCUT2D eigenvalue weighted by molar-refractivity contribution is 5.77. The normalized spacial score (nSPS) is 13.8. The maximum Gasteiger partial charge on any atom is 0.237 e. The smallest absolute Gasteiger partial charge is 0.237 e. The minimum atomic E-state index is -0.213. The van der Waals surface area contributed by atoms with Crippen molar-refractivity contribution in [3.8, 4) is 5.75 Å². The van der Waals surface area contributed by atoms with Gasteiger partial charge in [0, 0.05) is 5.92 Å². The molecule has 1 aromatic rings. The van der Waals surface area contributed by atoms with Crippen molar-refractivity contribution in [1.82, 2.24) is 5.43 Å². The van der Waals surface area contributed by atoms with Gasteiger partial charge in [0.1, 0.15) is 5.75 Å². The van der Waals surface area contributed by atoms with Gasteiger partial charge in [-0.15, -0.1) is 0 Å². The van der Waals surface area contributed by atoms with Crippen LogP contribution in [0.15, 0.2) is 12.1 Å². The Morgan fingerprint density at radius 2 is 1.55 bits per heavy atom. The van der Waals surface area contributed by atoms with Gasteiger partial charge in [-0.1, -0.05) is 60.6 Å². The van der Waals surface area contributed by atoms with Gasteiger partial charge in [0.05, 0.1) is 0 Å². The monoisotopic (exact) mass is 306 g/mol. The largest absolute Gasteiger partial charge is 0.507 e. The van der Waals surface area contributed by atoms with Crippen LogP contribution in [-0.2, 0) is 22.0 Å². The van der Waals surface area contributed by atoms with Gasteiger partial charge >= 0.3 is 0 Å². The van der Waals surface area contributed by atoms with Crippen molar-refractivity contribution in [3.63, 3.8) is 0 Å². The number of phenols is 1. The average molecular weight is 306 g/mol. The molecule has 4 heteroatoms. The number of hydrazine groups is 1. The Labute approximate surface area is 134 Å². The fourth-order valence-corrected chi connectivity index (χ4v) is 2.54. The molecule has 4 nitrogen and oxygen atoms in total. The first kappa shape index (κ1) is 18.5. The van der Waals surface area contributed by atoms with E-state index in [0.29, 0.717) is 12.2 Å². The van der Waals surface area contributed by atoms with E-state index in [9.17, 15) is 9.90 Å². The molecular formula is C18H30N2O2. The number of rotatable bonds is 3. The summed E-state index contributed by atoms with van der Waals surface area (Å²) in [6, 6.07) is 4.01. The highest BCUT2D eigenvalue weighted by Gasteiger charge is 2.27. The Hall–Kier alpha value is -1.55. The van der Waals surface area contributed by atoms with Gasteiger partial charge in [-0.25, -0.2) is 5.84 Å². The molecule has 0 bridgehead atoms. The van der Waals surface area contributed by atoms with Gasteiger partial charge in [0.25, 0.3) is 0 Å². The molecule has 22 heavy (non-hydrogen) atoms. The highest BCUT2D eigenvalue weighted by Crippen LogP contribution is 2.40. The molecule has 0 spiro atoms. The molecule has 0 radical (unpaired) electrons. The quantitative estimate of drug-likeness (QED) is 0.456. The standard InChI is InChI=1S/C18H30N2O2/c1-11(16(22)20-19)8-12-9-13(17(2,3)4)15(21)14(10-12)18(5,6)7/h9-11,21H,8,19H2,1-7H3,(H,20,22). The Morgan fingerprint density at radius 3 is 1.86 bits per heavy atom. The zero-order chi connectivity index (χ0) is 17.3. The zero-order valence-corrected chi connectivity index (χ0v) is 14.9. The summed E-state index contributed by atoms with van der Waals surface area (Å²) in [6.07, 6.45) is 0.593. The summed E-state index contributed by atoms with van der Waals surface area (Å²) < 4.78 is 0. The number of phenolic OH excluding ortho intramolecular Hbond substituents is 1. The Bertz CT molecular complexity index is 516. The van der Waals surface area contributed by atoms with Gasteiger partial charge < -0.3 is 5.11 Å². The fraction of sp³-hybridized carbons (Fsp3) is 0.611. The third-order valence-corrected chi connectivity index (χ3v) is 3.92. The minimum absolute atomic E-state index is 0.167. The molecule has 0 aromatic heterocycles. The first-order valence-electron chi connectivity index (χ1n) is 7.75. The lowest BCUT2D eigenvalue weighted by molar-refractivity contribution is -0.124. The van der Waals surface area contributed by atoms with Crippen molar-refractivity contribution in [2.24, 2.45) is 11.8 Å². The molecule has 1 atom stereocenters. The van der Waals surface area contributed by atoms with Crippen LogP contribution in [0.2, 0.25) is 0 Å². The second-order valence-electron chi connectivity index (χ2n) is 8.15. The predicted molar refractivity (Wildman–Crippen MR) is 90.7 cm³/mol. The van der Waals surface area contributed by atoms with Crippen LogP contribution in [0, 0.1) is 5.92 Å². The first-order chi connectivity index (χ1) is 9.87. The van der Waals surface area contributed by atoms with E-state index in [1.807, 2.05) is 19.1 Å². The molecule has 0 fully saturated rings. The van der Waals surface area contributed by atoms with Gasteiger partial charge in [-0.3, -0.25) is 10.2 Å². The maximum absolute atomic E-state index is 11.7. The van der Waals surface area contributed by atoms with Crippen LogP contribution in [0.1, 0.15) is 65.2 Å². The van der Waals surface area contributed by atoms with Crippen molar-refractivity contribution in [1.29, 1.82) is 0 Å². The number of carbonyl (C=O) groups is 1. The Kier molecular flexibility index (Phi) is 5.29. The van der Waals surface area contributed by atoms with Crippen LogP contribution in [-0.4, -0.2) is 11.0 Å². The minimum Gasteiger partial charge on any atom is -0.507 e. The van der Waals surface area contributed by atoms with Crippen LogP contribution in [0.3, 0.4) is 0 Å². The summed E-state index contributed by atoms with van der Waals surface area (Å²) in [6.45, 7) is 14.3. The molecule has 1 aromatic carbocycles. The van der Waals surface area contributed by atoms with Crippen LogP contribution in [0.4, 0.5) is 0 Å². The van der Waals surface area contributed by atoms with E-state index in [2.05, 4.69) is 47.0 Å². The second kappa shape index (κ2) is 6.29. The molecule has 0 aliphatic heterocycles. The highest BCUT2D eigenvalue weighted by atomic mass is 16.3. The van der Waals surface area contributed by atoms with Crippen molar-refractivity contribution < 1.29 is 9.90 Å². The number of hydrogen-bond donors (Lipinski definition) is 3. The zero-order valence-electron chi connectivity index (χ0n) is 14.9. The molecule has 0 heterocycles. The van der Waals surface area contributed by atoms with Crippen molar-refractivity contribution in [2.45, 2.75) is 65.7 Å². The van der Waals surface area contributed by atoms with E-state index in [0.717, 1.165) is 16.7 Å². The van der Waals surface area contributed by atoms with Crippen molar-refractivity contribution >= 4 is 5.91 Å². The summed E-state index contributed by atoms with van der Waals surface area (Å²) in [7, 11) is 0. The first-order valence-corrected chi connectivity index (χ1v) is 7.75. The van der Waals surface area contributed by atoms with Gasteiger partial charge in [0.15, 0.2) is 0 Å². The van der Waals surface area contributed by atoms with Crippen molar-refractivity contribution in [2.75, 3.05) is 0 Å². The lowest BCUT2D eigenvalue weighted by Crippen LogP contribution is -2.35. The third kappa shape index (κ3) is 4.23. The SMILES string of the molecule is CC(Cc1cc(C(C)(C)C)c(O)c(C(C)(C)C)c1)C(=O)NN. The van der Waals surface area contributed by atoms with Gasteiger partial charge in [0.2, 0.25) is 5.91 Å². The molecule has 1 amide bonds. The molecule has 1 rings (SSSR count). The predicted octanol–water partition coefficient (Wildman–Crippen LogP) is 3.16. The van der Waals surface area contributed by atoms with E-state index in [1.54, 1.807) is 0 Å². The fourth-order valence-electron chi connectivity index (χ4n) is 2.54. The number of carbonyl (C=O) groups excluding carboxylic acids is 1. The molecule has 0 aliphatic rings. The summed E-state index contributed by atoms with van der Waals surface area (Å²) in [4.78, 5) is 11.7. The molecule has 0 aliphatic carbocycles. The topological polar surface area (TPSA) is 75.3 Å². The van der Waals surface area contributed by atoms with E-state index in [4.69, 9.17) is 5.84 Å². The second-order valence-corrected chi connectivity index (χ2v) is 8.15. The summed E-state index contributed by atoms with van der Waals surface area (Å²) in [5.74, 6) is 5.18. The van der Waals surface area contributed by atoms with E-state index in [1.165, 1.54) is 0 Å². The lowest BCUT2D eigenvalue weighted by Gasteiger charge is -2.28. The number of aromatic hydroxyl groups is 1. The Balaban J connectivity index is 3.39. The average Bonchev–Trinajstić information content (AvgIpc) is 2.36. The molecular weight excluding hydrogens is 276 g/mol. The summed E-state index contributed by atoms with van der Waals surface area (Å²) in [5.41, 5.74) is 4.73. The van der Waals surface area contributed by atoms with Crippen LogP contribution < -0.4 is 11.3 Å². The van der Waals surface area contributed by atoms with Crippen molar-refractivity contribution in [3.05, 3.63) is 28.8 Å². The number of benzene rings is 1. The third-order valence-electron chi connectivity index (χ3n) is 3.92. The van der Waals surface area contributed by atoms with Crippen LogP contribution >= 0.6 is 0 Å². The number of nitrogens with two attached hydrogens (primary N) is 1. The van der Waals surface area contributed by atoms with E-state index in [-0.39, 0.29) is 22.7 Å². The maximum atomic E-state index is 11.7. The summed E-state index contributed by atoms with van der Waals surface area (Å²) >= 11 is 0. The number of hydrogen-bond acceptors (Lipinski definition) is 3. The van der Waals surface area contributed by atoms with Gasteiger partial charge in [-0.05, 0) is 33.9 Å². The molecule has 4 N–H and O–H groups in total.